The van der Waals surface area contributed by atoms with Gasteiger partial charge < -0.3 is 10.7 Å². The average molecular weight is 155 g/mol. The Labute approximate surface area is 65.5 Å². The van der Waals surface area contributed by atoms with Gasteiger partial charge in [-0.05, 0) is 0 Å². The average Bonchev–Trinajstić information content (AvgIpc) is 2.54. The lowest BCUT2D eigenvalue weighted by Gasteiger charge is -1.86. The van der Waals surface area contributed by atoms with E-state index in [9.17, 15) is 0 Å². The van der Waals surface area contributed by atoms with Crippen molar-refractivity contribution in [3.8, 4) is 0 Å². The summed E-state index contributed by atoms with van der Waals surface area (Å²) >= 11 is 0. The summed E-state index contributed by atoms with van der Waals surface area (Å²) < 4.78 is 0. The summed E-state index contributed by atoms with van der Waals surface area (Å²) in [6, 6.07) is 0. The third-order valence-corrected chi connectivity index (χ3v) is 1.01. The van der Waals surface area contributed by atoms with Crippen molar-refractivity contribution in [2.45, 2.75) is 20.4 Å². The number of nitrogens with two attached hydrogens (primary N) is 1. The maximum atomic E-state index is 6.59. The molecule has 4 N–H and O–H groups in total. The van der Waals surface area contributed by atoms with Crippen LogP contribution in [-0.4, -0.2) is 9.97 Å². The number of nitrogens with one attached hydrogen (secondary N) is 2. The predicted octanol–water partition coefficient (Wildman–Crippen LogP) is 1.56. The van der Waals surface area contributed by atoms with Crippen molar-refractivity contribution in [3.63, 3.8) is 0 Å². The van der Waals surface area contributed by atoms with Gasteiger partial charge in [0.25, 0.3) is 0 Å². The van der Waals surface area contributed by atoms with Gasteiger partial charge in [-0.25, -0.2) is 10.5 Å². The number of aromatic amines is 1. The molecule has 0 saturated carbocycles. The zero-order valence-corrected chi connectivity index (χ0v) is 6.76. The van der Waals surface area contributed by atoms with E-state index in [-0.39, 0.29) is 0 Å². The van der Waals surface area contributed by atoms with Crippen molar-refractivity contribution in [2.24, 2.45) is 10.8 Å². The Morgan fingerprint density at radius 2 is 2.36 bits per heavy atom. The molecule has 5 heteroatoms. The van der Waals surface area contributed by atoms with Gasteiger partial charge >= 0.3 is 0 Å². The number of rotatable bonds is 2. The lowest BCUT2D eigenvalue weighted by Crippen LogP contribution is -1.95. The summed E-state index contributed by atoms with van der Waals surface area (Å²) in [7, 11) is 0. The largest absolute Gasteiger partial charge is 0.345 e. The highest BCUT2D eigenvalue weighted by Crippen LogP contribution is 2.10. The molecule has 0 spiro atoms. The van der Waals surface area contributed by atoms with Crippen LogP contribution in [0.2, 0.25) is 0 Å². The summed E-state index contributed by atoms with van der Waals surface area (Å²) in [5.41, 5.74) is 12.5. The maximum Gasteiger partial charge on any atom is 0.195 e. The van der Waals surface area contributed by atoms with Crippen molar-refractivity contribution in [2.75, 3.05) is 0 Å². The van der Waals surface area contributed by atoms with E-state index >= 15 is 0 Å². The molecule has 1 aromatic rings. The topological polar surface area (TPSA) is 90.9 Å². The molecular formula is C6H13N5. The molecule has 1 rings (SSSR count). The zero-order chi connectivity index (χ0) is 8.69. The van der Waals surface area contributed by atoms with Gasteiger partial charge in [-0.3, -0.25) is 0 Å². The first-order valence-electron chi connectivity index (χ1n) is 3.48. The summed E-state index contributed by atoms with van der Waals surface area (Å²) in [6.45, 7) is 4.34. The number of hydrogen-bond acceptors (Lipinski definition) is 4. The molecule has 0 atom stereocenters. The van der Waals surface area contributed by atoms with Crippen molar-refractivity contribution in [3.05, 3.63) is 12.0 Å². The number of aromatic nitrogens is 2. The molecule has 0 aliphatic carbocycles. The number of imidazole rings is 1. The van der Waals surface area contributed by atoms with E-state index in [1.54, 1.807) is 0 Å². The first kappa shape index (κ1) is 9.77. The molecule has 0 amide bonds. The Morgan fingerprint density at radius 3 is 2.73 bits per heavy atom. The third kappa shape index (κ3) is 2.46. The van der Waals surface area contributed by atoms with E-state index in [4.69, 9.17) is 11.3 Å². The maximum absolute atomic E-state index is 6.59. The van der Waals surface area contributed by atoms with E-state index in [1.807, 2.05) is 13.8 Å². The summed E-state index contributed by atoms with van der Waals surface area (Å²) in [6.07, 6.45) is 1.47. The smallest absolute Gasteiger partial charge is 0.195 e. The van der Waals surface area contributed by atoms with Crippen molar-refractivity contribution in [1.82, 2.24) is 9.97 Å². The van der Waals surface area contributed by atoms with Crippen LogP contribution in [0.15, 0.2) is 11.4 Å². The standard InChI is InChI=1S/C4H7N5.C2H6/c5-1-3-4(9-6)8-2-7-3;1-2/h2,6H,1,5H2,(H,7,8);1-2H3. The Bertz CT molecular complexity index is 204. The van der Waals surface area contributed by atoms with Crippen LogP contribution in [0.5, 0.6) is 0 Å². The van der Waals surface area contributed by atoms with E-state index in [1.165, 1.54) is 6.33 Å². The van der Waals surface area contributed by atoms with Gasteiger partial charge in [-0.2, -0.15) is 0 Å². The van der Waals surface area contributed by atoms with Crippen LogP contribution in [0, 0.1) is 5.53 Å². The lowest BCUT2D eigenvalue weighted by atomic mass is 10.4. The Balaban J connectivity index is 0.000000461. The van der Waals surface area contributed by atoms with Crippen LogP contribution in [0.3, 0.4) is 0 Å². The second-order valence-corrected chi connectivity index (χ2v) is 1.52. The Hall–Kier alpha value is -1.23. The lowest BCUT2D eigenvalue weighted by molar-refractivity contribution is 0.990. The highest BCUT2D eigenvalue weighted by Gasteiger charge is 1.98. The Morgan fingerprint density at radius 1 is 1.73 bits per heavy atom. The minimum Gasteiger partial charge on any atom is -0.345 e. The molecule has 0 bridgehead atoms. The fraction of sp³-hybridized carbons (Fsp3) is 0.500. The van der Waals surface area contributed by atoms with E-state index < -0.39 is 0 Å². The van der Waals surface area contributed by atoms with Gasteiger partial charge in [-0.15, -0.1) is 5.11 Å². The van der Waals surface area contributed by atoms with Crippen LogP contribution in [0.25, 0.3) is 0 Å². The quantitative estimate of drug-likeness (QED) is 0.565. The molecule has 11 heavy (non-hydrogen) atoms. The number of H-pyrrole nitrogens is 1. The first-order valence-corrected chi connectivity index (χ1v) is 3.48. The van der Waals surface area contributed by atoms with E-state index in [0.717, 1.165) is 0 Å². The highest BCUT2D eigenvalue weighted by atomic mass is 15.1. The van der Waals surface area contributed by atoms with Gasteiger partial charge in [0, 0.05) is 6.54 Å². The normalized spacial score (nSPS) is 8.27. The highest BCUT2D eigenvalue weighted by molar-refractivity contribution is 5.31. The molecule has 0 saturated heterocycles. The summed E-state index contributed by atoms with van der Waals surface area (Å²) in [5, 5.41) is 3.13. The van der Waals surface area contributed by atoms with Gasteiger partial charge in [-0.1, -0.05) is 13.8 Å². The van der Waals surface area contributed by atoms with Crippen LogP contribution in [-0.2, 0) is 6.54 Å². The van der Waals surface area contributed by atoms with Crippen molar-refractivity contribution in [1.29, 1.82) is 5.53 Å². The first-order chi connectivity index (χ1) is 5.38. The summed E-state index contributed by atoms with van der Waals surface area (Å²) in [5.74, 6) is 0.373. The van der Waals surface area contributed by atoms with Gasteiger partial charge in [0.1, 0.15) is 0 Å². The molecule has 5 nitrogen and oxygen atoms in total. The van der Waals surface area contributed by atoms with Crippen LogP contribution in [0.1, 0.15) is 19.5 Å². The second kappa shape index (κ2) is 5.55. The van der Waals surface area contributed by atoms with Crippen LogP contribution >= 0.6 is 0 Å². The SMILES string of the molecule is CC.N=Nc1nc[nH]c1CN. The monoisotopic (exact) mass is 155 g/mol. The van der Waals surface area contributed by atoms with Crippen LogP contribution in [0.4, 0.5) is 5.82 Å². The van der Waals surface area contributed by atoms with Gasteiger partial charge in [0.15, 0.2) is 5.82 Å². The molecule has 62 valence electrons. The molecule has 0 fully saturated rings. The summed E-state index contributed by atoms with van der Waals surface area (Å²) in [4.78, 5) is 6.47. The number of hydrogen-bond donors (Lipinski definition) is 3. The zero-order valence-electron chi connectivity index (χ0n) is 6.76. The van der Waals surface area contributed by atoms with Crippen LogP contribution < -0.4 is 5.73 Å². The predicted molar refractivity (Wildman–Crippen MR) is 42.6 cm³/mol. The van der Waals surface area contributed by atoms with E-state index in [2.05, 4.69) is 15.1 Å². The molecule has 0 aliphatic heterocycles. The Kier molecular flexibility index (Phi) is 4.93. The van der Waals surface area contributed by atoms with E-state index in [0.29, 0.717) is 18.1 Å². The minimum atomic E-state index is 0.345. The fourth-order valence-electron chi connectivity index (χ4n) is 0.560. The molecule has 0 aliphatic rings. The van der Waals surface area contributed by atoms with Crippen molar-refractivity contribution >= 4 is 5.82 Å². The molecule has 0 aromatic carbocycles. The minimum absolute atomic E-state index is 0.345. The second-order valence-electron chi connectivity index (χ2n) is 1.52. The molecule has 1 aromatic heterocycles. The third-order valence-electron chi connectivity index (χ3n) is 1.01. The molecule has 0 unspecified atom stereocenters. The van der Waals surface area contributed by atoms with Gasteiger partial charge in [0.05, 0.1) is 12.0 Å². The number of nitrogens with zero attached hydrogens (tertiary/aromatic N) is 2. The molecule has 1 heterocycles. The van der Waals surface area contributed by atoms with Crippen molar-refractivity contribution < 1.29 is 0 Å². The fourth-order valence-corrected chi connectivity index (χ4v) is 0.560. The molecule has 0 radical (unpaired) electrons. The molecular weight excluding hydrogens is 142 g/mol. The van der Waals surface area contributed by atoms with Gasteiger partial charge in [0.2, 0.25) is 0 Å².